The van der Waals surface area contributed by atoms with Gasteiger partial charge in [-0.25, -0.2) is 0 Å². The summed E-state index contributed by atoms with van der Waals surface area (Å²) in [6.07, 6.45) is 1.13. The molecule has 0 aromatic heterocycles. The predicted octanol–water partition coefficient (Wildman–Crippen LogP) is -0.299. The third kappa shape index (κ3) is 3.20. The molecule has 0 spiro atoms. The van der Waals surface area contributed by atoms with E-state index in [1.807, 2.05) is 0 Å². The number of oxime groups is 1. The average molecular weight is 187 g/mol. The largest absolute Gasteiger partial charge is 0.409 e. The second-order valence-electron chi connectivity index (χ2n) is 3.44. The molecular weight excluding hydrogens is 170 g/mol. The lowest BCUT2D eigenvalue weighted by Gasteiger charge is -2.14. The molecule has 0 aromatic carbocycles. The maximum Gasteiger partial charge on any atom is 0.153 e. The Labute approximate surface area is 78.1 Å². The second kappa shape index (κ2) is 5.04. The van der Waals surface area contributed by atoms with Crippen LogP contribution in [0.1, 0.15) is 6.42 Å². The van der Waals surface area contributed by atoms with E-state index in [0.29, 0.717) is 12.5 Å². The Morgan fingerprint density at radius 1 is 1.77 bits per heavy atom. The Morgan fingerprint density at radius 2 is 2.54 bits per heavy atom. The molecule has 1 aliphatic heterocycles. The first kappa shape index (κ1) is 10.3. The summed E-state index contributed by atoms with van der Waals surface area (Å²) in [7, 11) is 1.71. The molecule has 0 bridgehead atoms. The van der Waals surface area contributed by atoms with Crippen LogP contribution in [0.4, 0.5) is 0 Å². The molecule has 1 aliphatic rings. The molecule has 0 amide bonds. The van der Waals surface area contributed by atoms with Gasteiger partial charge in [-0.15, -0.1) is 0 Å². The summed E-state index contributed by atoms with van der Waals surface area (Å²) in [6.45, 7) is 3.33. The van der Waals surface area contributed by atoms with Crippen molar-refractivity contribution in [2.75, 3.05) is 33.4 Å². The van der Waals surface area contributed by atoms with Crippen molar-refractivity contribution in [2.24, 2.45) is 16.8 Å². The predicted molar refractivity (Wildman–Crippen MR) is 49.8 cm³/mol. The molecule has 0 radical (unpaired) electrons. The fourth-order valence-electron chi connectivity index (χ4n) is 1.69. The number of ether oxygens (including phenoxy) is 1. The number of nitrogens with two attached hydrogens (primary N) is 1. The summed E-state index contributed by atoms with van der Waals surface area (Å²) in [5, 5.41) is 11.3. The summed E-state index contributed by atoms with van der Waals surface area (Å²) < 4.78 is 5.07. The first-order chi connectivity index (χ1) is 6.26. The van der Waals surface area contributed by atoms with Crippen LogP contribution in [-0.4, -0.2) is 49.3 Å². The molecule has 1 heterocycles. The van der Waals surface area contributed by atoms with Gasteiger partial charge < -0.3 is 15.7 Å². The van der Waals surface area contributed by atoms with E-state index in [1.165, 1.54) is 0 Å². The van der Waals surface area contributed by atoms with Crippen LogP contribution >= 0.6 is 0 Å². The molecule has 76 valence electrons. The van der Waals surface area contributed by atoms with Crippen molar-refractivity contribution in [3.05, 3.63) is 0 Å². The summed E-state index contributed by atoms with van der Waals surface area (Å²) in [5.74, 6) is 0.870. The van der Waals surface area contributed by atoms with Crippen LogP contribution in [0.5, 0.6) is 0 Å². The summed E-state index contributed by atoms with van der Waals surface area (Å²) >= 11 is 0. The molecule has 3 N–H and O–H groups in total. The van der Waals surface area contributed by atoms with Gasteiger partial charge in [0.2, 0.25) is 0 Å². The normalized spacial score (nSPS) is 25.3. The van der Waals surface area contributed by atoms with Gasteiger partial charge in [-0.3, -0.25) is 4.90 Å². The first-order valence-electron chi connectivity index (χ1n) is 4.44. The zero-order valence-electron chi connectivity index (χ0n) is 7.94. The highest BCUT2D eigenvalue weighted by Crippen LogP contribution is 2.15. The first-order valence-corrected chi connectivity index (χ1v) is 4.44. The molecule has 1 atom stereocenters. The van der Waals surface area contributed by atoms with E-state index >= 15 is 0 Å². The molecule has 1 saturated heterocycles. The third-order valence-electron chi connectivity index (χ3n) is 2.29. The van der Waals surface area contributed by atoms with E-state index in [1.54, 1.807) is 7.11 Å². The monoisotopic (exact) mass is 187 g/mol. The van der Waals surface area contributed by atoms with E-state index in [2.05, 4.69) is 10.1 Å². The summed E-state index contributed by atoms with van der Waals surface area (Å²) in [4.78, 5) is 2.17. The minimum atomic E-state index is 0.276. The number of methoxy groups -OCH3 is 1. The van der Waals surface area contributed by atoms with E-state index in [0.717, 1.165) is 26.1 Å². The van der Waals surface area contributed by atoms with Crippen molar-refractivity contribution < 1.29 is 9.94 Å². The minimum absolute atomic E-state index is 0.276. The lowest BCUT2D eigenvalue weighted by molar-refractivity contribution is 0.154. The maximum absolute atomic E-state index is 8.38. The number of nitrogens with zero attached hydrogens (tertiary/aromatic N) is 2. The van der Waals surface area contributed by atoms with Crippen LogP contribution < -0.4 is 5.73 Å². The number of amidine groups is 1. The maximum atomic E-state index is 8.38. The van der Waals surface area contributed by atoms with E-state index in [-0.39, 0.29) is 5.84 Å². The van der Waals surface area contributed by atoms with Crippen molar-refractivity contribution in [3.8, 4) is 0 Å². The quantitative estimate of drug-likeness (QED) is 0.274. The van der Waals surface area contributed by atoms with E-state index < -0.39 is 0 Å². The Hall–Kier alpha value is -0.810. The topological polar surface area (TPSA) is 71.1 Å². The second-order valence-corrected chi connectivity index (χ2v) is 3.44. The van der Waals surface area contributed by atoms with Crippen LogP contribution in [0, 0.1) is 5.92 Å². The Kier molecular flexibility index (Phi) is 3.98. The Balaban J connectivity index is 2.25. The van der Waals surface area contributed by atoms with Gasteiger partial charge >= 0.3 is 0 Å². The van der Waals surface area contributed by atoms with E-state index in [9.17, 15) is 0 Å². The van der Waals surface area contributed by atoms with Crippen molar-refractivity contribution in [1.82, 2.24) is 4.90 Å². The molecule has 1 rings (SSSR count). The van der Waals surface area contributed by atoms with Crippen LogP contribution in [0.15, 0.2) is 5.16 Å². The SMILES string of the molecule is COC[C@H]1CCN(C/C(N)=N\O)C1. The van der Waals surface area contributed by atoms with Gasteiger partial charge in [-0.1, -0.05) is 5.16 Å². The van der Waals surface area contributed by atoms with Crippen molar-refractivity contribution >= 4 is 5.84 Å². The Morgan fingerprint density at radius 3 is 3.15 bits per heavy atom. The molecule has 5 heteroatoms. The van der Waals surface area contributed by atoms with Crippen molar-refractivity contribution in [1.29, 1.82) is 0 Å². The molecule has 0 unspecified atom stereocenters. The van der Waals surface area contributed by atoms with Gasteiger partial charge in [0.05, 0.1) is 13.2 Å². The van der Waals surface area contributed by atoms with Crippen LogP contribution in [0.2, 0.25) is 0 Å². The molecule has 0 saturated carbocycles. The zero-order chi connectivity index (χ0) is 9.68. The lowest BCUT2D eigenvalue weighted by Crippen LogP contribution is -2.32. The van der Waals surface area contributed by atoms with Gasteiger partial charge in [0, 0.05) is 13.7 Å². The average Bonchev–Trinajstić information content (AvgIpc) is 2.53. The van der Waals surface area contributed by atoms with Gasteiger partial charge in [0.1, 0.15) is 0 Å². The standard InChI is InChI=1S/C8H17N3O2/c1-13-6-7-2-3-11(4-7)5-8(9)10-12/h7,12H,2-6H2,1H3,(H2,9,10)/t7-/m0/s1. The van der Waals surface area contributed by atoms with E-state index in [4.69, 9.17) is 15.7 Å². The number of likely N-dealkylation sites (tertiary alicyclic amines) is 1. The van der Waals surface area contributed by atoms with Gasteiger partial charge in [-0.05, 0) is 18.9 Å². The van der Waals surface area contributed by atoms with Gasteiger partial charge in [0.25, 0.3) is 0 Å². The van der Waals surface area contributed by atoms with Crippen molar-refractivity contribution in [2.45, 2.75) is 6.42 Å². The minimum Gasteiger partial charge on any atom is -0.409 e. The molecule has 13 heavy (non-hydrogen) atoms. The van der Waals surface area contributed by atoms with Crippen LogP contribution in [0.25, 0.3) is 0 Å². The molecular formula is C8H17N3O2. The number of rotatable bonds is 4. The van der Waals surface area contributed by atoms with Gasteiger partial charge in [0.15, 0.2) is 5.84 Å². The fourth-order valence-corrected chi connectivity index (χ4v) is 1.69. The van der Waals surface area contributed by atoms with Gasteiger partial charge in [-0.2, -0.15) is 0 Å². The molecule has 0 aromatic rings. The van der Waals surface area contributed by atoms with Crippen LogP contribution in [-0.2, 0) is 4.74 Å². The molecule has 0 aliphatic carbocycles. The lowest BCUT2D eigenvalue weighted by atomic mass is 10.1. The van der Waals surface area contributed by atoms with Crippen molar-refractivity contribution in [3.63, 3.8) is 0 Å². The summed E-state index contributed by atoms with van der Waals surface area (Å²) in [5.41, 5.74) is 5.40. The highest BCUT2D eigenvalue weighted by molar-refractivity contribution is 5.81. The van der Waals surface area contributed by atoms with Crippen LogP contribution in [0.3, 0.4) is 0 Å². The summed E-state index contributed by atoms with van der Waals surface area (Å²) in [6, 6.07) is 0. The number of hydrogen-bond donors (Lipinski definition) is 2. The fraction of sp³-hybridized carbons (Fsp3) is 0.875. The number of hydrogen-bond acceptors (Lipinski definition) is 4. The molecule has 1 fully saturated rings. The third-order valence-corrected chi connectivity index (χ3v) is 2.29. The molecule has 5 nitrogen and oxygen atoms in total. The highest BCUT2D eigenvalue weighted by atomic mass is 16.5. The zero-order valence-corrected chi connectivity index (χ0v) is 7.94. The smallest absolute Gasteiger partial charge is 0.153 e. The Bertz CT molecular complexity index is 184. The highest BCUT2D eigenvalue weighted by Gasteiger charge is 2.22.